The minimum atomic E-state index is -0.941. The molecule has 34 heavy (non-hydrogen) atoms. The van der Waals surface area contributed by atoms with Crippen LogP contribution >= 0.6 is 0 Å². The molecule has 0 aliphatic carbocycles. The second-order valence-electron chi connectivity index (χ2n) is 8.97. The summed E-state index contributed by atoms with van der Waals surface area (Å²) in [4.78, 5) is 4.38. The minimum absolute atomic E-state index is 0.386. The van der Waals surface area contributed by atoms with E-state index in [4.69, 9.17) is 0 Å². The van der Waals surface area contributed by atoms with Gasteiger partial charge in [0.1, 0.15) is 0 Å². The maximum atomic E-state index is 13.5. The van der Waals surface area contributed by atoms with Crippen LogP contribution in [0.15, 0.2) is 72.8 Å². The van der Waals surface area contributed by atoms with Crippen LogP contribution < -0.4 is 0 Å². The van der Waals surface area contributed by atoms with Crippen molar-refractivity contribution in [1.29, 1.82) is 0 Å². The summed E-state index contributed by atoms with van der Waals surface area (Å²) in [5, 5.41) is 21.7. The maximum Gasteiger partial charge on any atom is 0.161 e. The fourth-order valence-corrected chi connectivity index (χ4v) is 4.07. The zero-order valence-electron chi connectivity index (χ0n) is 19.2. The molecule has 4 aromatic rings. The van der Waals surface area contributed by atoms with Gasteiger partial charge in [0.25, 0.3) is 0 Å². The van der Waals surface area contributed by atoms with Crippen molar-refractivity contribution in [2.45, 2.75) is 38.4 Å². The van der Waals surface area contributed by atoms with Crippen molar-refractivity contribution in [2.24, 2.45) is 0 Å². The van der Waals surface area contributed by atoms with Crippen LogP contribution in [-0.2, 0) is 12.0 Å². The second kappa shape index (κ2) is 9.84. The van der Waals surface area contributed by atoms with E-state index in [2.05, 4.69) is 4.98 Å². The molecule has 0 spiro atoms. The Morgan fingerprint density at radius 1 is 0.912 bits per heavy atom. The first kappa shape index (κ1) is 23.7. The molecule has 0 aliphatic rings. The van der Waals surface area contributed by atoms with E-state index in [-0.39, 0.29) is 0 Å². The molecule has 3 nitrogen and oxygen atoms in total. The zero-order chi connectivity index (χ0) is 24.3. The quantitative estimate of drug-likeness (QED) is 0.328. The third kappa shape index (κ3) is 5.56. The van der Waals surface area contributed by atoms with Gasteiger partial charge in [-0.3, -0.25) is 0 Å². The average molecular weight is 460 g/mol. The molecule has 1 unspecified atom stereocenters. The van der Waals surface area contributed by atoms with Gasteiger partial charge in [-0.2, -0.15) is 0 Å². The number of pyridine rings is 1. The summed E-state index contributed by atoms with van der Waals surface area (Å²) in [6, 6.07) is 21.0. The fraction of sp³-hybridized carbons (Fsp3) is 0.207. The highest BCUT2D eigenvalue weighted by molar-refractivity contribution is 5.81. The van der Waals surface area contributed by atoms with Crippen molar-refractivity contribution in [2.75, 3.05) is 0 Å². The Morgan fingerprint density at radius 2 is 1.68 bits per heavy atom. The van der Waals surface area contributed by atoms with Gasteiger partial charge in [-0.15, -0.1) is 0 Å². The first-order valence-corrected chi connectivity index (χ1v) is 11.2. The summed E-state index contributed by atoms with van der Waals surface area (Å²) >= 11 is 0. The van der Waals surface area contributed by atoms with Crippen LogP contribution in [0, 0.1) is 11.6 Å². The van der Waals surface area contributed by atoms with Gasteiger partial charge in [0.05, 0.1) is 22.9 Å². The normalized spacial score (nSPS) is 13.0. The first-order chi connectivity index (χ1) is 16.2. The largest absolute Gasteiger partial charge is 0.388 e. The predicted octanol–water partition coefficient (Wildman–Crippen LogP) is 6.58. The van der Waals surface area contributed by atoms with Crippen LogP contribution in [0.5, 0.6) is 0 Å². The number of nitrogens with zero attached hydrogens (tertiary/aromatic N) is 1. The van der Waals surface area contributed by atoms with Crippen LogP contribution in [0.4, 0.5) is 8.78 Å². The highest BCUT2D eigenvalue weighted by Gasteiger charge is 2.20. The lowest BCUT2D eigenvalue weighted by molar-refractivity contribution is 0.0772. The summed E-state index contributed by atoms with van der Waals surface area (Å²) in [6.07, 6.45) is 4.17. The van der Waals surface area contributed by atoms with Gasteiger partial charge < -0.3 is 10.2 Å². The third-order valence-electron chi connectivity index (χ3n) is 5.86. The van der Waals surface area contributed by atoms with Crippen LogP contribution in [0.3, 0.4) is 0 Å². The molecule has 2 N–H and O–H groups in total. The Kier molecular flexibility index (Phi) is 6.87. The second-order valence-corrected chi connectivity index (χ2v) is 8.97. The molecule has 0 bridgehead atoms. The topological polar surface area (TPSA) is 53.4 Å². The lowest BCUT2D eigenvalue weighted by Crippen LogP contribution is -2.18. The number of fused-ring (bicyclic) bond motifs is 1. The smallest absolute Gasteiger partial charge is 0.161 e. The number of benzene rings is 3. The SMILES string of the molecule is CC(C)(O)c1ccccc1CCC(O)c1cccc(/C=C/c2ccc3cc(F)c(F)cc3n2)c1. The number of aliphatic hydroxyl groups is 2. The molecule has 174 valence electrons. The van der Waals surface area contributed by atoms with Crippen LogP contribution in [0.25, 0.3) is 23.1 Å². The number of hydrogen-bond acceptors (Lipinski definition) is 3. The lowest BCUT2D eigenvalue weighted by atomic mass is 9.90. The highest BCUT2D eigenvalue weighted by Crippen LogP contribution is 2.27. The molecule has 1 atom stereocenters. The number of rotatable bonds is 7. The van der Waals surface area contributed by atoms with Crippen molar-refractivity contribution >= 4 is 23.1 Å². The van der Waals surface area contributed by atoms with Gasteiger partial charge in [0.2, 0.25) is 0 Å². The Morgan fingerprint density at radius 3 is 2.47 bits per heavy atom. The maximum absolute atomic E-state index is 13.5. The molecule has 0 saturated heterocycles. The van der Waals surface area contributed by atoms with Gasteiger partial charge in [-0.1, -0.05) is 54.6 Å². The van der Waals surface area contributed by atoms with Crippen molar-refractivity contribution in [1.82, 2.24) is 4.98 Å². The molecule has 5 heteroatoms. The molecule has 1 heterocycles. The fourth-order valence-electron chi connectivity index (χ4n) is 4.07. The predicted molar refractivity (Wildman–Crippen MR) is 132 cm³/mol. The Bertz CT molecular complexity index is 1340. The van der Waals surface area contributed by atoms with E-state index in [1.807, 2.05) is 54.6 Å². The van der Waals surface area contributed by atoms with Crippen molar-refractivity contribution in [3.05, 3.63) is 112 Å². The van der Waals surface area contributed by atoms with E-state index in [9.17, 15) is 19.0 Å². The van der Waals surface area contributed by atoms with Crippen LogP contribution in [0.2, 0.25) is 0 Å². The van der Waals surface area contributed by atoms with Crippen molar-refractivity contribution < 1.29 is 19.0 Å². The molecule has 0 saturated carbocycles. The average Bonchev–Trinajstić information content (AvgIpc) is 2.82. The number of halogens is 2. The van der Waals surface area contributed by atoms with Crippen molar-refractivity contribution in [3.63, 3.8) is 0 Å². The molecule has 0 radical (unpaired) electrons. The van der Waals surface area contributed by atoms with E-state index in [1.54, 1.807) is 32.1 Å². The van der Waals surface area contributed by atoms with Crippen LogP contribution in [0.1, 0.15) is 54.3 Å². The van der Waals surface area contributed by atoms with E-state index in [0.29, 0.717) is 29.4 Å². The third-order valence-corrected chi connectivity index (χ3v) is 5.86. The number of aromatic nitrogens is 1. The summed E-state index contributed by atoms with van der Waals surface area (Å²) in [5.41, 5.74) is 3.63. The number of aryl methyl sites for hydroxylation is 1. The van der Waals surface area contributed by atoms with Gasteiger partial charge >= 0.3 is 0 Å². The van der Waals surface area contributed by atoms with E-state index < -0.39 is 23.3 Å². The highest BCUT2D eigenvalue weighted by atomic mass is 19.2. The lowest BCUT2D eigenvalue weighted by Gasteiger charge is -2.22. The number of hydrogen-bond donors (Lipinski definition) is 2. The molecule has 3 aromatic carbocycles. The molecule has 1 aromatic heterocycles. The summed E-state index contributed by atoms with van der Waals surface area (Å²) in [6.45, 7) is 3.52. The zero-order valence-corrected chi connectivity index (χ0v) is 19.2. The first-order valence-electron chi connectivity index (χ1n) is 11.2. The minimum Gasteiger partial charge on any atom is -0.388 e. The van der Waals surface area contributed by atoms with Gasteiger partial charge in [0, 0.05) is 11.5 Å². The van der Waals surface area contributed by atoms with Crippen LogP contribution in [-0.4, -0.2) is 15.2 Å². The molecule has 4 rings (SSSR count). The summed E-state index contributed by atoms with van der Waals surface area (Å²) < 4.78 is 26.9. The molecule has 0 fully saturated rings. The number of aliphatic hydroxyl groups excluding tert-OH is 1. The van der Waals surface area contributed by atoms with E-state index in [1.165, 1.54) is 0 Å². The molecule has 0 aliphatic heterocycles. The van der Waals surface area contributed by atoms with Crippen molar-refractivity contribution in [3.8, 4) is 0 Å². The summed E-state index contributed by atoms with van der Waals surface area (Å²) in [7, 11) is 0. The Balaban J connectivity index is 1.47. The van der Waals surface area contributed by atoms with Gasteiger partial charge in [-0.25, -0.2) is 13.8 Å². The Hall–Kier alpha value is -3.41. The van der Waals surface area contributed by atoms with E-state index in [0.717, 1.165) is 34.4 Å². The molecular formula is C29H27F2NO2. The molecule has 0 amide bonds. The standard InChI is InChI=1S/C29H27F2NO2/c1-29(2,34)24-9-4-3-7-20(24)12-15-28(33)22-8-5-6-19(16-22)10-13-23-14-11-21-17-25(30)26(31)18-27(21)32-23/h3-11,13-14,16-18,28,33-34H,12,15H2,1-2H3/b13-10+. The van der Waals surface area contributed by atoms with E-state index >= 15 is 0 Å². The van der Waals surface area contributed by atoms with Gasteiger partial charge in [0.15, 0.2) is 11.6 Å². The Labute approximate surface area is 198 Å². The molecular weight excluding hydrogens is 432 g/mol. The van der Waals surface area contributed by atoms with Gasteiger partial charge in [-0.05, 0) is 73.2 Å². The summed E-state index contributed by atoms with van der Waals surface area (Å²) in [5.74, 6) is -1.82. The monoisotopic (exact) mass is 459 g/mol.